The minimum Gasteiger partial charge on any atom is -0.449 e. The van der Waals surface area contributed by atoms with Gasteiger partial charge in [0, 0.05) is 13.1 Å². The van der Waals surface area contributed by atoms with Crippen LogP contribution in [0.4, 0.5) is 4.79 Å². The first-order valence-corrected chi connectivity index (χ1v) is 5.64. The third-order valence-corrected chi connectivity index (χ3v) is 2.17. The van der Waals surface area contributed by atoms with Crippen molar-refractivity contribution in [1.82, 2.24) is 10.2 Å². The number of carbonyl (C=O) groups is 1. The molecule has 0 rings (SSSR count). The molecule has 4 nitrogen and oxygen atoms in total. The normalized spacial score (nSPS) is 9.93. The van der Waals surface area contributed by atoms with Gasteiger partial charge in [-0.1, -0.05) is 13.8 Å². The van der Waals surface area contributed by atoms with Crippen molar-refractivity contribution in [3.05, 3.63) is 0 Å². The molecule has 0 fully saturated rings. The van der Waals surface area contributed by atoms with E-state index in [1.54, 1.807) is 0 Å². The van der Waals surface area contributed by atoms with E-state index in [-0.39, 0.29) is 0 Å². The first kappa shape index (κ1) is 14.2. The monoisotopic (exact) mass is 232 g/mol. The Kier molecular flexibility index (Phi) is 7.03. The lowest BCUT2D eigenvalue weighted by Gasteiger charge is -2.21. The van der Waals surface area contributed by atoms with Crippen molar-refractivity contribution in [2.24, 2.45) is 5.92 Å². The maximum atomic E-state index is 11.2. The molecule has 0 heterocycles. The summed E-state index contributed by atoms with van der Waals surface area (Å²) in [7, 11) is 0. The van der Waals surface area contributed by atoms with Gasteiger partial charge in [-0.25, -0.2) is 4.79 Å². The van der Waals surface area contributed by atoms with Crippen LogP contribution in [-0.2, 0) is 4.74 Å². The van der Waals surface area contributed by atoms with Crippen LogP contribution < -0.4 is 5.32 Å². The van der Waals surface area contributed by atoms with Gasteiger partial charge in [0.15, 0.2) is 5.11 Å². The van der Waals surface area contributed by atoms with Crippen molar-refractivity contribution in [3.63, 3.8) is 0 Å². The Bertz CT molecular complexity index is 215. The van der Waals surface area contributed by atoms with E-state index in [1.165, 1.54) is 0 Å². The molecular weight excluding hydrogens is 212 g/mol. The van der Waals surface area contributed by atoms with Gasteiger partial charge in [0.25, 0.3) is 0 Å². The predicted octanol–water partition coefficient (Wildman–Crippen LogP) is 2.00. The maximum Gasteiger partial charge on any atom is 0.413 e. The molecule has 5 heteroatoms. The molecule has 0 saturated heterocycles. The van der Waals surface area contributed by atoms with Crippen molar-refractivity contribution >= 4 is 23.4 Å². The van der Waals surface area contributed by atoms with Crippen LogP contribution in [0.2, 0.25) is 0 Å². The highest BCUT2D eigenvalue weighted by molar-refractivity contribution is 7.80. The topological polar surface area (TPSA) is 41.6 Å². The van der Waals surface area contributed by atoms with E-state index in [9.17, 15) is 4.79 Å². The maximum absolute atomic E-state index is 11.2. The second kappa shape index (κ2) is 7.45. The van der Waals surface area contributed by atoms with Gasteiger partial charge in [0.1, 0.15) is 0 Å². The molecule has 0 aromatic carbocycles. The summed E-state index contributed by atoms with van der Waals surface area (Å²) in [6.45, 7) is 9.89. The zero-order valence-corrected chi connectivity index (χ0v) is 10.7. The number of ether oxygens (including phenoxy) is 1. The number of carbonyl (C=O) groups excluding carboxylic acids is 1. The number of thiocarbonyl (C=S) groups is 1. The highest BCUT2D eigenvalue weighted by atomic mass is 32.1. The van der Waals surface area contributed by atoms with Crippen LogP contribution in [0.3, 0.4) is 0 Å². The number of hydrogen-bond donors (Lipinski definition) is 1. The van der Waals surface area contributed by atoms with E-state index in [2.05, 4.69) is 5.32 Å². The molecule has 0 aromatic heterocycles. The average Bonchev–Trinajstić information content (AvgIpc) is 2.16. The number of amides is 1. The summed E-state index contributed by atoms with van der Waals surface area (Å²) in [5, 5.41) is 2.96. The van der Waals surface area contributed by atoms with Gasteiger partial charge in [0.2, 0.25) is 0 Å². The van der Waals surface area contributed by atoms with Gasteiger partial charge in [-0.2, -0.15) is 0 Å². The summed E-state index contributed by atoms with van der Waals surface area (Å²) in [4.78, 5) is 13.1. The zero-order chi connectivity index (χ0) is 11.8. The Labute approximate surface area is 97.0 Å². The van der Waals surface area contributed by atoms with Crippen molar-refractivity contribution in [2.75, 3.05) is 19.7 Å². The smallest absolute Gasteiger partial charge is 0.413 e. The van der Waals surface area contributed by atoms with Gasteiger partial charge >= 0.3 is 6.09 Å². The lowest BCUT2D eigenvalue weighted by molar-refractivity contribution is 0.137. The first-order valence-electron chi connectivity index (χ1n) is 5.23. The van der Waals surface area contributed by atoms with Gasteiger partial charge in [0.05, 0.1) is 6.61 Å². The first-order chi connectivity index (χ1) is 7.01. The molecule has 0 radical (unpaired) electrons. The standard InChI is InChI=1S/C10H20N2O2S/c1-5-12(6-2)9(15)11-10(13)14-7-8(3)4/h8H,5-7H2,1-4H3,(H,11,13,15). The van der Waals surface area contributed by atoms with Crippen molar-refractivity contribution in [3.8, 4) is 0 Å². The molecular formula is C10H20N2O2S. The van der Waals surface area contributed by atoms with Crippen LogP contribution in [0, 0.1) is 5.92 Å². The van der Waals surface area contributed by atoms with Crippen LogP contribution in [-0.4, -0.2) is 35.8 Å². The molecule has 0 aliphatic carbocycles. The summed E-state index contributed by atoms with van der Waals surface area (Å²) < 4.78 is 4.95. The van der Waals surface area contributed by atoms with Crippen LogP contribution in [0.15, 0.2) is 0 Å². The Morgan fingerprint density at radius 1 is 1.40 bits per heavy atom. The van der Waals surface area contributed by atoms with Crippen LogP contribution in [0.5, 0.6) is 0 Å². The van der Waals surface area contributed by atoms with E-state index in [0.717, 1.165) is 13.1 Å². The van der Waals surface area contributed by atoms with E-state index in [1.807, 2.05) is 32.6 Å². The molecule has 0 aliphatic rings. The molecule has 0 spiro atoms. The summed E-state index contributed by atoms with van der Waals surface area (Å²) in [5.74, 6) is 0.331. The van der Waals surface area contributed by atoms with Crippen molar-refractivity contribution in [2.45, 2.75) is 27.7 Å². The van der Waals surface area contributed by atoms with E-state index >= 15 is 0 Å². The largest absolute Gasteiger partial charge is 0.449 e. The van der Waals surface area contributed by atoms with Crippen LogP contribution >= 0.6 is 12.2 Å². The third kappa shape index (κ3) is 6.28. The average molecular weight is 232 g/mol. The van der Waals surface area contributed by atoms with Crippen molar-refractivity contribution in [1.29, 1.82) is 0 Å². The minimum atomic E-state index is -0.472. The second-order valence-corrected chi connectivity index (χ2v) is 3.98. The minimum absolute atomic E-state index is 0.331. The lowest BCUT2D eigenvalue weighted by Crippen LogP contribution is -2.42. The quantitative estimate of drug-likeness (QED) is 0.753. The van der Waals surface area contributed by atoms with Gasteiger partial charge in [-0.05, 0) is 32.0 Å². The van der Waals surface area contributed by atoms with E-state index in [0.29, 0.717) is 17.6 Å². The molecule has 0 saturated carbocycles. The van der Waals surface area contributed by atoms with Crippen LogP contribution in [0.1, 0.15) is 27.7 Å². The predicted molar refractivity (Wildman–Crippen MR) is 64.8 cm³/mol. The van der Waals surface area contributed by atoms with Gasteiger partial charge < -0.3 is 9.64 Å². The zero-order valence-electron chi connectivity index (χ0n) is 9.87. The number of hydrogen-bond acceptors (Lipinski definition) is 3. The number of rotatable bonds is 4. The third-order valence-electron chi connectivity index (χ3n) is 1.81. The molecule has 0 aromatic rings. The molecule has 0 aliphatic heterocycles. The highest BCUT2D eigenvalue weighted by Crippen LogP contribution is 1.94. The number of nitrogens with zero attached hydrogens (tertiary/aromatic N) is 1. The highest BCUT2D eigenvalue weighted by Gasteiger charge is 2.10. The molecule has 1 amide bonds. The molecule has 0 unspecified atom stereocenters. The molecule has 88 valence electrons. The summed E-state index contributed by atoms with van der Waals surface area (Å²) >= 11 is 5.04. The molecule has 0 bridgehead atoms. The van der Waals surface area contributed by atoms with Gasteiger partial charge in [-0.3, -0.25) is 5.32 Å². The fourth-order valence-corrected chi connectivity index (χ4v) is 1.30. The molecule has 1 N–H and O–H groups in total. The number of alkyl carbamates (subject to hydrolysis) is 1. The molecule has 15 heavy (non-hydrogen) atoms. The summed E-state index contributed by atoms with van der Waals surface area (Å²) in [6, 6.07) is 0. The van der Waals surface area contributed by atoms with Gasteiger partial charge in [-0.15, -0.1) is 0 Å². The van der Waals surface area contributed by atoms with Crippen molar-refractivity contribution < 1.29 is 9.53 Å². The Hall–Kier alpha value is -0.840. The number of nitrogens with one attached hydrogen (secondary N) is 1. The summed E-state index contributed by atoms with van der Waals surface area (Å²) in [6.07, 6.45) is -0.472. The molecule has 0 atom stereocenters. The fraction of sp³-hybridized carbons (Fsp3) is 0.800. The second-order valence-electron chi connectivity index (χ2n) is 3.59. The summed E-state index contributed by atoms with van der Waals surface area (Å²) in [5.41, 5.74) is 0. The Balaban J connectivity index is 3.90. The lowest BCUT2D eigenvalue weighted by atomic mass is 10.2. The Morgan fingerprint density at radius 2 is 1.93 bits per heavy atom. The SMILES string of the molecule is CCN(CC)C(=S)NC(=O)OCC(C)C. The fourth-order valence-electron chi connectivity index (χ4n) is 0.956. The van der Waals surface area contributed by atoms with Crippen LogP contribution in [0.25, 0.3) is 0 Å². The Morgan fingerprint density at radius 3 is 2.33 bits per heavy atom. The van der Waals surface area contributed by atoms with E-state index < -0.39 is 6.09 Å². The van der Waals surface area contributed by atoms with E-state index in [4.69, 9.17) is 17.0 Å².